The largest absolute Gasteiger partial charge is 0.469 e. The summed E-state index contributed by atoms with van der Waals surface area (Å²) >= 11 is 0. The first-order valence-corrected chi connectivity index (χ1v) is 48.5. The van der Waals surface area contributed by atoms with Crippen LogP contribution >= 0.6 is 0 Å². The quantitative estimate of drug-likeness (QED) is 0.0343. The van der Waals surface area contributed by atoms with Crippen LogP contribution in [0.4, 0.5) is 0 Å². The van der Waals surface area contributed by atoms with E-state index in [0.717, 1.165) is 23.7 Å². The minimum Gasteiger partial charge on any atom is -0.469 e. The van der Waals surface area contributed by atoms with Crippen LogP contribution < -0.4 is 0 Å². The lowest BCUT2D eigenvalue weighted by Gasteiger charge is -2.53. The molecule has 0 spiro atoms. The fraction of sp³-hybridized carbons (Fsp3) is 0.832. The van der Waals surface area contributed by atoms with Gasteiger partial charge in [-0.15, -0.1) is 0 Å². The molecule has 0 radical (unpaired) electrons. The molecule has 11 aliphatic rings. The van der Waals surface area contributed by atoms with Gasteiger partial charge in [0.15, 0.2) is 6.29 Å². The maximum atomic E-state index is 12.6. The highest BCUT2D eigenvalue weighted by molar-refractivity contribution is 5.88. The summed E-state index contributed by atoms with van der Waals surface area (Å²) in [5.74, 6) is -10.1. The molecule has 0 amide bonds. The molecule has 8 aliphatic carbocycles. The highest BCUT2D eigenvalue weighted by Gasteiger charge is 2.53. The van der Waals surface area contributed by atoms with Gasteiger partial charge in [0.1, 0.15) is 60.0 Å². The van der Waals surface area contributed by atoms with Crippen LogP contribution in [0.25, 0.3) is 0 Å². The topological polar surface area (TPSA) is 456 Å². The Kier molecular flexibility index (Phi) is 45.8. The molecule has 16 atom stereocenters. The maximum Gasteiger partial charge on any atom is 0.348 e. The Hall–Kier alpha value is -9.05. The number of esters is 17. The zero-order valence-corrected chi connectivity index (χ0v) is 86.9. The molecule has 136 heavy (non-hydrogen) atoms. The van der Waals surface area contributed by atoms with Gasteiger partial charge in [-0.3, -0.25) is 67.1 Å². The Morgan fingerprint density at radius 2 is 0.596 bits per heavy atom. The molecule has 0 aromatic heterocycles. The predicted molar refractivity (Wildman–Crippen MR) is 489 cm³/mol. The average molecular weight is 1940 g/mol. The van der Waals surface area contributed by atoms with Crippen LogP contribution in [-0.2, 0) is 167 Å². The molecule has 8 saturated carbocycles. The number of cyclic esters (lactones) is 3. The first-order chi connectivity index (χ1) is 62.6. The summed E-state index contributed by atoms with van der Waals surface area (Å²) in [6.07, 6.45) is 9.99. The van der Waals surface area contributed by atoms with Crippen LogP contribution in [0.2, 0.25) is 0 Å². The van der Waals surface area contributed by atoms with E-state index < -0.39 is 213 Å². The summed E-state index contributed by atoms with van der Waals surface area (Å²) in [5, 5.41) is 0. The van der Waals surface area contributed by atoms with Crippen LogP contribution in [0.15, 0.2) is 0 Å². The van der Waals surface area contributed by atoms with Crippen molar-refractivity contribution in [2.75, 3.05) is 46.8 Å². The van der Waals surface area contributed by atoms with E-state index in [2.05, 4.69) is 4.74 Å². The molecule has 35 nitrogen and oxygen atoms in total. The van der Waals surface area contributed by atoms with Crippen molar-refractivity contribution in [2.45, 2.75) is 369 Å². The summed E-state index contributed by atoms with van der Waals surface area (Å²) in [4.78, 5) is 202. The zero-order chi connectivity index (χ0) is 104. The number of ether oxygens (including phenoxy) is 18. The molecule has 11 rings (SSSR count). The molecule has 3 aliphatic heterocycles. The van der Waals surface area contributed by atoms with Crippen molar-refractivity contribution in [3.63, 3.8) is 0 Å². The van der Waals surface area contributed by atoms with E-state index >= 15 is 0 Å². The first kappa shape index (κ1) is 119. The van der Waals surface area contributed by atoms with Crippen molar-refractivity contribution >= 4 is 101 Å². The van der Waals surface area contributed by atoms with E-state index in [1.54, 1.807) is 194 Å². The fourth-order valence-electron chi connectivity index (χ4n) is 17.2. The van der Waals surface area contributed by atoms with Crippen molar-refractivity contribution in [1.82, 2.24) is 0 Å². The third kappa shape index (κ3) is 39.3. The molecule has 11 fully saturated rings. The maximum absolute atomic E-state index is 12.6. The summed E-state index contributed by atoms with van der Waals surface area (Å²) in [7, 11) is 1.26. The molecule has 0 aromatic rings. The van der Waals surface area contributed by atoms with E-state index in [9.17, 15) is 81.5 Å². The Labute approximate surface area is 804 Å². The third-order valence-electron chi connectivity index (χ3n) is 25.8. The minimum atomic E-state index is -0.937. The number of carbonyl (C=O) groups excluding carboxylic acids is 17. The summed E-state index contributed by atoms with van der Waals surface area (Å²) in [6.45, 7) is 54.3. The van der Waals surface area contributed by atoms with Gasteiger partial charge in [0.05, 0.1) is 104 Å². The SMILES string of the molecule is CC(C(=O)OC1C(=O)OCC1(C)C)C(C)C(=O)OC(C)(C)C.CC(C(=O)OC1C2CC3CC(C2)CC1C3)C(C)C(=O)OC(C)(C)C.CC(C(=O)OC1CCOC1=O)C(C)C(=O)OC(C)(C)C.CC(C(=O)OCCC(=O)OC1C2CC3CC(C2)CC1C3)C(C)C(=O)OC(C)(C)C.CCOC(C)OC(=O)C(C)C(C)C(=O)OC1CCOC1=O.COC(=O)CCOC(=O)C(C)C(C)C(=O)OC(C)(C)C. The van der Waals surface area contributed by atoms with Crippen LogP contribution in [-0.4, -0.2) is 213 Å². The molecular weight excluding hydrogens is 1770 g/mol. The summed E-state index contributed by atoms with van der Waals surface area (Å²) in [5.41, 5.74) is -3.52. The second-order valence-corrected chi connectivity index (χ2v) is 43.9. The van der Waals surface area contributed by atoms with Gasteiger partial charge in [-0.2, -0.15) is 0 Å². The van der Waals surface area contributed by atoms with E-state index in [4.69, 9.17) is 80.5 Å². The van der Waals surface area contributed by atoms with E-state index in [0.29, 0.717) is 43.1 Å². The van der Waals surface area contributed by atoms with Crippen LogP contribution in [0.5, 0.6) is 0 Å². The number of carbonyl (C=O) groups is 17. The van der Waals surface area contributed by atoms with Crippen molar-refractivity contribution < 1.29 is 167 Å². The van der Waals surface area contributed by atoms with Gasteiger partial charge in [-0.25, -0.2) is 14.4 Å². The molecule has 0 N–H and O–H groups in total. The van der Waals surface area contributed by atoms with Crippen molar-refractivity contribution in [1.29, 1.82) is 0 Å². The number of hydrogen-bond acceptors (Lipinski definition) is 35. The van der Waals surface area contributed by atoms with Gasteiger partial charge in [-0.1, -0.05) is 96.9 Å². The average Bonchev–Trinajstić information content (AvgIpc) is 1.11. The van der Waals surface area contributed by atoms with Gasteiger partial charge >= 0.3 is 101 Å². The minimum absolute atomic E-state index is 0.00419. The molecule has 3 saturated heterocycles. The van der Waals surface area contributed by atoms with Crippen LogP contribution in [0.1, 0.15) is 305 Å². The normalized spacial score (nSPS) is 25.9. The van der Waals surface area contributed by atoms with E-state index in [1.165, 1.54) is 71.3 Å². The Morgan fingerprint density at radius 1 is 0.331 bits per heavy atom. The molecule has 3 heterocycles. The van der Waals surface area contributed by atoms with E-state index in [1.807, 2.05) is 20.8 Å². The van der Waals surface area contributed by atoms with E-state index in [-0.39, 0.29) is 76.0 Å². The molecule has 16 unspecified atom stereocenters. The smallest absolute Gasteiger partial charge is 0.348 e. The van der Waals surface area contributed by atoms with Gasteiger partial charge in [0.2, 0.25) is 18.3 Å². The van der Waals surface area contributed by atoms with Crippen molar-refractivity contribution in [3.05, 3.63) is 0 Å². The fourth-order valence-corrected chi connectivity index (χ4v) is 17.2. The van der Waals surface area contributed by atoms with Gasteiger partial charge < -0.3 is 85.3 Å². The monoisotopic (exact) mass is 1940 g/mol. The highest BCUT2D eigenvalue weighted by Crippen LogP contribution is 2.56. The standard InChI is InChI=1S/C23H36O6.C20H32O4.C16H26O6.C14H22O7.C14H22O6.C14H24O6/c1-13(14(2)22(26)29-23(3,4)5)21(25)27-7-6-19(24)28-20-17-9-15-8-16(11-17)12-18(20)10-15;1-11(12(2)19(22)24-20(3,4)5)18(21)23-17-15-7-13-6-14(9-15)10-16(17)8-13;1-9(10(2)13(18)22-15(3,4)5)12(17)21-11-14(19)20-8-16(11,6)7;1-5-18-10(4)20-12(15)8(2)9(3)13(16)21-11-6-7-19-14(11)17;1-8(9(2)12(16)20-14(3,4)5)11(15)19-10-6-7-18-13(10)17;1-9(10(2)13(17)20-14(3,4)5)12(16)19-8-7-11(15)18-6/h13-18,20H,6-12H2,1-5H3;11-17H,6-10H2,1-5H3;9-11H,8H2,1-7H3;8-11H,5-7H2,1-4H3;8-10H,6-7H2,1-5H3;9-10H,7-8H2,1-6H3. The number of methoxy groups -OCH3 is 1. The molecule has 35 heteroatoms. The Morgan fingerprint density at radius 3 is 0.860 bits per heavy atom. The predicted octanol–water partition coefficient (Wildman–Crippen LogP) is 14.2. The number of rotatable bonds is 32. The second kappa shape index (κ2) is 52.3. The lowest BCUT2D eigenvalue weighted by atomic mass is 9.55. The summed E-state index contributed by atoms with van der Waals surface area (Å²) < 4.78 is 92.7. The second-order valence-electron chi connectivity index (χ2n) is 43.9. The molecular formula is C101H162O35. The zero-order valence-electron chi connectivity index (χ0n) is 86.9. The summed E-state index contributed by atoms with van der Waals surface area (Å²) in [6, 6.07) is 0. The highest BCUT2D eigenvalue weighted by atomic mass is 16.7. The molecule has 8 bridgehead atoms. The van der Waals surface area contributed by atoms with Gasteiger partial charge in [0.25, 0.3) is 0 Å². The van der Waals surface area contributed by atoms with Crippen molar-refractivity contribution in [2.24, 2.45) is 124 Å². The number of hydrogen-bond donors (Lipinski definition) is 0. The Bertz CT molecular complexity index is 3990. The van der Waals surface area contributed by atoms with Crippen LogP contribution in [0, 0.1) is 124 Å². The van der Waals surface area contributed by atoms with Gasteiger partial charge in [0, 0.05) is 24.9 Å². The Balaban J connectivity index is 0.000000343. The molecule has 776 valence electrons. The lowest BCUT2D eigenvalue weighted by Crippen LogP contribution is -2.50. The lowest BCUT2D eigenvalue weighted by molar-refractivity contribution is -0.183. The van der Waals surface area contributed by atoms with Gasteiger partial charge in [-0.05, 0) is 229 Å². The van der Waals surface area contributed by atoms with Crippen molar-refractivity contribution in [3.8, 4) is 0 Å². The third-order valence-corrected chi connectivity index (χ3v) is 25.8. The van der Waals surface area contributed by atoms with Crippen LogP contribution in [0.3, 0.4) is 0 Å². The first-order valence-electron chi connectivity index (χ1n) is 48.5. The molecule has 0 aromatic carbocycles.